The Hall–Kier alpha value is -1.81. The Morgan fingerprint density at radius 3 is 2.82 bits per heavy atom. The van der Waals surface area contributed by atoms with Crippen molar-refractivity contribution in [3.8, 4) is 5.75 Å². The number of nitrogens with one attached hydrogen (secondary N) is 1. The van der Waals surface area contributed by atoms with Crippen molar-refractivity contribution in [1.29, 1.82) is 0 Å². The molecule has 2 rings (SSSR count). The van der Waals surface area contributed by atoms with Gasteiger partial charge in [-0.25, -0.2) is 4.98 Å². The van der Waals surface area contributed by atoms with Crippen LogP contribution in [-0.2, 0) is 0 Å². The Morgan fingerprint density at radius 1 is 1.29 bits per heavy atom. The smallest absolute Gasteiger partial charge is 0.214 e. The van der Waals surface area contributed by atoms with Crippen LogP contribution in [0.4, 0.5) is 15.8 Å². The average Bonchev–Trinajstić information content (AvgIpc) is 2.29. The molecule has 0 fully saturated rings. The second-order valence-corrected chi connectivity index (χ2v) is 3.77. The average molecular weight is 253 g/mol. The molecule has 1 aromatic carbocycles. The first-order valence-corrected chi connectivity index (χ1v) is 5.29. The number of nitrogens with zero attached hydrogens (tertiary/aromatic N) is 1. The van der Waals surface area contributed by atoms with Gasteiger partial charge in [-0.05, 0) is 24.3 Å². The monoisotopic (exact) mass is 252 g/mol. The number of aromatic nitrogens is 1. The van der Waals surface area contributed by atoms with Crippen LogP contribution in [0.2, 0.25) is 5.02 Å². The Bertz CT molecular complexity index is 534. The molecule has 0 spiro atoms. The number of benzene rings is 1. The number of hydrogen-bond acceptors (Lipinski definition) is 3. The summed E-state index contributed by atoms with van der Waals surface area (Å²) in [5.74, 6) is 0.0858. The van der Waals surface area contributed by atoms with Gasteiger partial charge in [-0.15, -0.1) is 0 Å². The Labute approximate surface area is 103 Å². The van der Waals surface area contributed by atoms with E-state index in [0.29, 0.717) is 22.1 Å². The van der Waals surface area contributed by atoms with E-state index in [1.54, 1.807) is 31.4 Å². The summed E-state index contributed by atoms with van der Waals surface area (Å²) in [5, 5.41) is 3.59. The van der Waals surface area contributed by atoms with Gasteiger partial charge in [0.05, 0.1) is 12.8 Å². The fourth-order valence-corrected chi connectivity index (χ4v) is 1.59. The highest BCUT2D eigenvalue weighted by Gasteiger charge is 2.04. The van der Waals surface area contributed by atoms with E-state index >= 15 is 0 Å². The lowest BCUT2D eigenvalue weighted by Gasteiger charge is -2.11. The van der Waals surface area contributed by atoms with E-state index in [1.807, 2.05) is 0 Å². The molecule has 0 unspecified atom stereocenters. The van der Waals surface area contributed by atoms with Crippen molar-refractivity contribution in [2.24, 2.45) is 0 Å². The lowest BCUT2D eigenvalue weighted by Crippen LogP contribution is -1.95. The van der Waals surface area contributed by atoms with Gasteiger partial charge < -0.3 is 10.1 Å². The molecule has 0 saturated carbocycles. The molecule has 17 heavy (non-hydrogen) atoms. The maximum Gasteiger partial charge on any atom is 0.214 e. The highest BCUT2D eigenvalue weighted by Crippen LogP contribution is 2.30. The third-order valence-electron chi connectivity index (χ3n) is 2.17. The van der Waals surface area contributed by atoms with Gasteiger partial charge in [0.15, 0.2) is 0 Å². The van der Waals surface area contributed by atoms with Gasteiger partial charge in [0.1, 0.15) is 5.75 Å². The summed E-state index contributed by atoms with van der Waals surface area (Å²) >= 11 is 5.89. The second-order valence-electron chi connectivity index (χ2n) is 3.34. The van der Waals surface area contributed by atoms with Gasteiger partial charge in [-0.1, -0.05) is 11.6 Å². The predicted octanol–water partition coefficient (Wildman–Crippen LogP) is 3.63. The molecule has 0 aliphatic rings. The predicted molar refractivity (Wildman–Crippen MR) is 65.5 cm³/mol. The number of rotatable bonds is 3. The minimum atomic E-state index is -0.545. The van der Waals surface area contributed by atoms with E-state index in [4.69, 9.17) is 16.3 Å². The molecule has 1 heterocycles. The van der Waals surface area contributed by atoms with Crippen LogP contribution in [0.1, 0.15) is 0 Å². The summed E-state index contributed by atoms with van der Waals surface area (Å²) in [6.45, 7) is 0. The maximum atomic E-state index is 12.9. The van der Waals surface area contributed by atoms with Crippen molar-refractivity contribution >= 4 is 23.0 Å². The number of methoxy groups -OCH3 is 1. The van der Waals surface area contributed by atoms with Crippen LogP contribution < -0.4 is 10.1 Å². The van der Waals surface area contributed by atoms with E-state index in [1.165, 1.54) is 12.3 Å². The quantitative estimate of drug-likeness (QED) is 0.847. The number of hydrogen-bond donors (Lipinski definition) is 1. The summed E-state index contributed by atoms with van der Waals surface area (Å²) in [5.41, 5.74) is 1.25. The second kappa shape index (κ2) is 5.01. The zero-order chi connectivity index (χ0) is 12.3. The van der Waals surface area contributed by atoms with Crippen molar-refractivity contribution < 1.29 is 9.13 Å². The van der Waals surface area contributed by atoms with Gasteiger partial charge in [0.25, 0.3) is 0 Å². The van der Waals surface area contributed by atoms with Gasteiger partial charge in [-0.3, -0.25) is 0 Å². The third kappa shape index (κ3) is 2.85. The third-order valence-corrected chi connectivity index (χ3v) is 2.40. The molecule has 1 aromatic heterocycles. The molecule has 3 nitrogen and oxygen atoms in total. The van der Waals surface area contributed by atoms with Gasteiger partial charge in [0, 0.05) is 23.0 Å². The van der Waals surface area contributed by atoms with Crippen LogP contribution >= 0.6 is 11.6 Å². The molecular formula is C12H10ClFN2O. The lowest BCUT2D eigenvalue weighted by atomic mass is 10.2. The molecule has 5 heteroatoms. The fourth-order valence-electron chi connectivity index (χ4n) is 1.41. The Kier molecular flexibility index (Phi) is 3.44. The highest BCUT2D eigenvalue weighted by atomic mass is 35.5. The number of halogens is 2. The molecule has 88 valence electrons. The first-order valence-electron chi connectivity index (χ1n) is 4.91. The molecule has 0 saturated heterocycles. The minimum Gasteiger partial charge on any atom is -0.495 e. The molecule has 0 radical (unpaired) electrons. The standard InChI is InChI=1S/C12H10ClFN2O/c1-17-11-3-2-8(13)6-10(11)16-9-4-5-15-12(14)7-9/h2-7H,1H3,(H,15,16). The van der Waals surface area contributed by atoms with Crippen molar-refractivity contribution in [2.75, 3.05) is 12.4 Å². The van der Waals surface area contributed by atoms with E-state index < -0.39 is 5.95 Å². The molecule has 1 N–H and O–H groups in total. The molecule has 2 aromatic rings. The van der Waals surface area contributed by atoms with Gasteiger partial charge in [0.2, 0.25) is 5.95 Å². The Balaban J connectivity index is 2.32. The fraction of sp³-hybridized carbons (Fsp3) is 0.0833. The number of ether oxygens (including phenoxy) is 1. The molecule has 0 amide bonds. The summed E-state index contributed by atoms with van der Waals surface area (Å²) in [4.78, 5) is 3.48. The van der Waals surface area contributed by atoms with Crippen molar-refractivity contribution in [1.82, 2.24) is 4.98 Å². The van der Waals surface area contributed by atoms with Gasteiger partial charge in [-0.2, -0.15) is 4.39 Å². The zero-order valence-corrected chi connectivity index (χ0v) is 9.83. The van der Waals surface area contributed by atoms with E-state index in [9.17, 15) is 4.39 Å². The molecular weight excluding hydrogens is 243 g/mol. The topological polar surface area (TPSA) is 34.1 Å². The van der Waals surface area contributed by atoms with Crippen LogP contribution in [0.25, 0.3) is 0 Å². The van der Waals surface area contributed by atoms with Gasteiger partial charge >= 0.3 is 0 Å². The summed E-state index contributed by atoms with van der Waals surface area (Å²) < 4.78 is 18.1. The summed E-state index contributed by atoms with van der Waals surface area (Å²) in [6, 6.07) is 8.11. The summed E-state index contributed by atoms with van der Waals surface area (Å²) in [7, 11) is 1.56. The normalized spacial score (nSPS) is 10.1. The molecule has 0 aliphatic heterocycles. The molecule has 0 atom stereocenters. The summed E-state index contributed by atoms with van der Waals surface area (Å²) in [6.07, 6.45) is 1.38. The zero-order valence-electron chi connectivity index (χ0n) is 9.08. The number of anilines is 2. The number of pyridine rings is 1. The van der Waals surface area contributed by atoms with E-state index in [2.05, 4.69) is 10.3 Å². The van der Waals surface area contributed by atoms with Crippen molar-refractivity contribution in [2.45, 2.75) is 0 Å². The largest absolute Gasteiger partial charge is 0.495 e. The van der Waals surface area contributed by atoms with Crippen LogP contribution in [0.3, 0.4) is 0 Å². The highest BCUT2D eigenvalue weighted by molar-refractivity contribution is 6.31. The van der Waals surface area contributed by atoms with Crippen LogP contribution in [0.15, 0.2) is 36.5 Å². The lowest BCUT2D eigenvalue weighted by molar-refractivity contribution is 0.417. The SMILES string of the molecule is COc1ccc(Cl)cc1Nc1ccnc(F)c1. The van der Waals surface area contributed by atoms with E-state index in [-0.39, 0.29) is 0 Å². The molecule has 0 bridgehead atoms. The van der Waals surface area contributed by atoms with Crippen LogP contribution in [0, 0.1) is 5.95 Å². The minimum absolute atomic E-state index is 0.545. The van der Waals surface area contributed by atoms with Crippen molar-refractivity contribution in [3.63, 3.8) is 0 Å². The van der Waals surface area contributed by atoms with E-state index in [0.717, 1.165) is 0 Å². The first-order chi connectivity index (χ1) is 8.19. The first kappa shape index (κ1) is 11.7. The van der Waals surface area contributed by atoms with Crippen molar-refractivity contribution in [3.05, 3.63) is 47.5 Å². The van der Waals surface area contributed by atoms with Crippen LogP contribution in [-0.4, -0.2) is 12.1 Å². The maximum absolute atomic E-state index is 12.9. The molecule has 0 aliphatic carbocycles. The Morgan fingerprint density at radius 2 is 2.12 bits per heavy atom. The van der Waals surface area contributed by atoms with Crippen LogP contribution in [0.5, 0.6) is 5.75 Å².